The third-order valence-corrected chi connectivity index (χ3v) is 2.63. The van der Waals surface area contributed by atoms with Gasteiger partial charge < -0.3 is 10.6 Å². The fourth-order valence-corrected chi connectivity index (χ4v) is 1.48. The van der Waals surface area contributed by atoms with Crippen molar-refractivity contribution in [3.05, 3.63) is 30.1 Å². The molecule has 1 heterocycles. The Balaban J connectivity index is 2.24. The lowest BCUT2D eigenvalue weighted by molar-refractivity contribution is -0.120. The van der Waals surface area contributed by atoms with Crippen molar-refractivity contribution >= 4 is 5.91 Å². The van der Waals surface area contributed by atoms with Crippen molar-refractivity contribution < 1.29 is 4.79 Å². The molecule has 0 spiro atoms. The standard InChI is InChI=1S/C13H21N3O/c1-3-4-7-15-13(17)10-16-11(2)12-5-8-14-9-6-12/h5-6,8-9,11,16H,3-4,7,10H2,1-2H3,(H,15,17). The van der Waals surface area contributed by atoms with Crippen LogP contribution in [0.5, 0.6) is 0 Å². The molecule has 0 radical (unpaired) electrons. The van der Waals surface area contributed by atoms with Crippen molar-refractivity contribution in [2.45, 2.75) is 32.7 Å². The van der Waals surface area contributed by atoms with Crippen LogP contribution in [0.4, 0.5) is 0 Å². The third kappa shape index (κ3) is 5.45. The summed E-state index contributed by atoms with van der Waals surface area (Å²) in [6.07, 6.45) is 5.65. The van der Waals surface area contributed by atoms with Crippen LogP contribution < -0.4 is 10.6 Å². The Morgan fingerprint density at radius 1 is 1.41 bits per heavy atom. The Morgan fingerprint density at radius 2 is 2.12 bits per heavy atom. The summed E-state index contributed by atoms with van der Waals surface area (Å²) < 4.78 is 0. The van der Waals surface area contributed by atoms with E-state index < -0.39 is 0 Å². The average Bonchev–Trinajstić information content (AvgIpc) is 2.37. The van der Waals surface area contributed by atoms with Gasteiger partial charge in [-0.1, -0.05) is 13.3 Å². The van der Waals surface area contributed by atoms with Crippen molar-refractivity contribution in [3.63, 3.8) is 0 Å². The summed E-state index contributed by atoms with van der Waals surface area (Å²) in [7, 11) is 0. The predicted octanol–water partition coefficient (Wildman–Crippen LogP) is 1.65. The van der Waals surface area contributed by atoms with E-state index in [2.05, 4.69) is 22.5 Å². The first-order chi connectivity index (χ1) is 8.24. The van der Waals surface area contributed by atoms with E-state index in [1.165, 1.54) is 0 Å². The second-order valence-corrected chi connectivity index (χ2v) is 4.09. The van der Waals surface area contributed by atoms with Crippen LogP contribution >= 0.6 is 0 Å². The second kappa shape index (κ2) is 7.79. The molecule has 1 aromatic rings. The monoisotopic (exact) mass is 235 g/mol. The number of rotatable bonds is 7. The highest BCUT2D eigenvalue weighted by molar-refractivity contribution is 5.77. The highest BCUT2D eigenvalue weighted by atomic mass is 16.1. The lowest BCUT2D eigenvalue weighted by atomic mass is 10.1. The van der Waals surface area contributed by atoms with Gasteiger partial charge in [0.15, 0.2) is 0 Å². The summed E-state index contributed by atoms with van der Waals surface area (Å²) in [5.41, 5.74) is 1.14. The molecule has 1 aromatic heterocycles. The first-order valence-electron chi connectivity index (χ1n) is 6.14. The van der Waals surface area contributed by atoms with Gasteiger partial charge in [0.25, 0.3) is 0 Å². The Labute approximate surface area is 103 Å². The molecule has 0 fully saturated rings. The Hall–Kier alpha value is -1.42. The number of nitrogens with zero attached hydrogens (tertiary/aromatic N) is 1. The topological polar surface area (TPSA) is 54.0 Å². The quantitative estimate of drug-likeness (QED) is 0.707. The Kier molecular flexibility index (Phi) is 6.25. The summed E-state index contributed by atoms with van der Waals surface area (Å²) in [5.74, 6) is 0.0550. The van der Waals surface area contributed by atoms with Crippen molar-refractivity contribution in [2.75, 3.05) is 13.1 Å². The summed E-state index contributed by atoms with van der Waals surface area (Å²) >= 11 is 0. The highest BCUT2D eigenvalue weighted by Gasteiger charge is 2.06. The molecule has 1 amide bonds. The lowest BCUT2D eigenvalue weighted by Crippen LogP contribution is -2.35. The van der Waals surface area contributed by atoms with Gasteiger partial charge >= 0.3 is 0 Å². The van der Waals surface area contributed by atoms with Crippen LogP contribution in [0, 0.1) is 0 Å². The van der Waals surface area contributed by atoms with E-state index in [1.54, 1.807) is 12.4 Å². The van der Waals surface area contributed by atoms with E-state index in [4.69, 9.17) is 0 Å². The van der Waals surface area contributed by atoms with Crippen LogP contribution in [0.25, 0.3) is 0 Å². The molecule has 1 rings (SSSR count). The summed E-state index contributed by atoms with van der Waals surface area (Å²) in [6, 6.07) is 4.06. The van der Waals surface area contributed by atoms with Crippen LogP contribution in [0.15, 0.2) is 24.5 Å². The number of unbranched alkanes of at least 4 members (excludes halogenated alkanes) is 1. The second-order valence-electron chi connectivity index (χ2n) is 4.09. The molecule has 1 unspecified atom stereocenters. The minimum atomic E-state index is 0.0550. The fourth-order valence-electron chi connectivity index (χ4n) is 1.48. The number of hydrogen-bond donors (Lipinski definition) is 2. The first kappa shape index (κ1) is 13.6. The van der Waals surface area contributed by atoms with Gasteiger partial charge in [0, 0.05) is 25.0 Å². The van der Waals surface area contributed by atoms with Crippen LogP contribution in [-0.4, -0.2) is 24.0 Å². The molecular formula is C13H21N3O. The van der Waals surface area contributed by atoms with Crippen molar-refractivity contribution in [1.29, 1.82) is 0 Å². The molecule has 0 aliphatic rings. The molecule has 4 nitrogen and oxygen atoms in total. The van der Waals surface area contributed by atoms with Gasteiger partial charge in [-0.3, -0.25) is 9.78 Å². The van der Waals surface area contributed by atoms with E-state index >= 15 is 0 Å². The normalized spacial score (nSPS) is 12.1. The van der Waals surface area contributed by atoms with E-state index in [0.29, 0.717) is 6.54 Å². The first-order valence-corrected chi connectivity index (χ1v) is 6.14. The van der Waals surface area contributed by atoms with Gasteiger partial charge in [-0.15, -0.1) is 0 Å². The minimum absolute atomic E-state index is 0.0550. The number of carbonyl (C=O) groups excluding carboxylic acids is 1. The maximum Gasteiger partial charge on any atom is 0.233 e. The highest BCUT2D eigenvalue weighted by Crippen LogP contribution is 2.09. The largest absolute Gasteiger partial charge is 0.355 e. The molecule has 0 saturated heterocycles. The molecule has 17 heavy (non-hydrogen) atoms. The molecular weight excluding hydrogens is 214 g/mol. The van der Waals surface area contributed by atoms with Crippen LogP contribution in [0.1, 0.15) is 38.3 Å². The van der Waals surface area contributed by atoms with E-state index in [9.17, 15) is 4.79 Å². The van der Waals surface area contributed by atoms with Gasteiger partial charge in [0.1, 0.15) is 0 Å². The van der Waals surface area contributed by atoms with Gasteiger partial charge in [-0.05, 0) is 31.0 Å². The molecule has 1 atom stereocenters. The number of hydrogen-bond acceptors (Lipinski definition) is 3. The SMILES string of the molecule is CCCCNC(=O)CNC(C)c1ccncc1. The van der Waals surface area contributed by atoms with Gasteiger partial charge in [0.05, 0.1) is 6.54 Å². The van der Waals surface area contributed by atoms with Crippen molar-refractivity contribution in [1.82, 2.24) is 15.6 Å². The van der Waals surface area contributed by atoms with Crippen LogP contribution in [-0.2, 0) is 4.79 Å². The maximum absolute atomic E-state index is 11.5. The molecule has 94 valence electrons. The Bertz CT molecular complexity index is 327. The number of nitrogens with one attached hydrogen (secondary N) is 2. The third-order valence-electron chi connectivity index (χ3n) is 2.63. The zero-order valence-electron chi connectivity index (χ0n) is 10.6. The number of aromatic nitrogens is 1. The van der Waals surface area contributed by atoms with Gasteiger partial charge in [-0.25, -0.2) is 0 Å². The van der Waals surface area contributed by atoms with Crippen molar-refractivity contribution in [2.24, 2.45) is 0 Å². The molecule has 0 aliphatic heterocycles. The summed E-state index contributed by atoms with van der Waals surface area (Å²) in [4.78, 5) is 15.4. The summed E-state index contributed by atoms with van der Waals surface area (Å²) in [6.45, 7) is 5.26. The number of pyridine rings is 1. The molecule has 0 aromatic carbocycles. The lowest BCUT2D eigenvalue weighted by Gasteiger charge is -2.13. The molecule has 2 N–H and O–H groups in total. The van der Waals surface area contributed by atoms with Crippen LogP contribution in [0.2, 0.25) is 0 Å². The Morgan fingerprint density at radius 3 is 2.76 bits per heavy atom. The zero-order chi connectivity index (χ0) is 12.5. The van der Waals surface area contributed by atoms with Gasteiger partial charge in [0.2, 0.25) is 5.91 Å². The van der Waals surface area contributed by atoms with E-state index in [-0.39, 0.29) is 11.9 Å². The van der Waals surface area contributed by atoms with Gasteiger partial charge in [-0.2, -0.15) is 0 Å². The van der Waals surface area contributed by atoms with E-state index in [0.717, 1.165) is 24.9 Å². The molecule has 4 heteroatoms. The zero-order valence-corrected chi connectivity index (χ0v) is 10.6. The summed E-state index contributed by atoms with van der Waals surface area (Å²) in [5, 5.41) is 6.06. The number of amides is 1. The maximum atomic E-state index is 11.5. The molecule has 0 aliphatic carbocycles. The number of carbonyl (C=O) groups is 1. The smallest absolute Gasteiger partial charge is 0.233 e. The molecule has 0 bridgehead atoms. The van der Waals surface area contributed by atoms with E-state index in [1.807, 2.05) is 19.1 Å². The molecule has 0 saturated carbocycles. The average molecular weight is 235 g/mol. The van der Waals surface area contributed by atoms with Crippen molar-refractivity contribution in [3.8, 4) is 0 Å². The fraction of sp³-hybridized carbons (Fsp3) is 0.538. The minimum Gasteiger partial charge on any atom is -0.355 e. The van der Waals surface area contributed by atoms with Crippen LogP contribution in [0.3, 0.4) is 0 Å². The predicted molar refractivity (Wildman–Crippen MR) is 68.6 cm³/mol.